The minimum Gasteiger partial charge on any atom is -0.467 e. The largest absolute Gasteiger partial charge is 0.467 e. The smallest absolute Gasteiger partial charge is 0.188 e. The molecule has 3 aliphatic rings. The van der Waals surface area contributed by atoms with Crippen LogP contribution >= 0.6 is 0 Å². The molecular formula is C22H31O2. The Morgan fingerprint density at radius 2 is 2.08 bits per heavy atom. The zero-order valence-electron chi connectivity index (χ0n) is 15.4. The lowest BCUT2D eigenvalue weighted by atomic mass is 9.56. The van der Waals surface area contributed by atoms with Gasteiger partial charge in [-0.2, -0.15) is 0 Å². The number of ether oxygens (including phenoxy) is 2. The van der Waals surface area contributed by atoms with Crippen LogP contribution < -0.4 is 4.74 Å². The van der Waals surface area contributed by atoms with Gasteiger partial charge >= 0.3 is 0 Å². The van der Waals surface area contributed by atoms with Gasteiger partial charge in [-0.15, -0.1) is 0 Å². The van der Waals surface area contributed by atoms with E-state index in [1.54, 1.807) is 12.7 Å². The molecule has 2 heteroatoms. The summed E-state index contributed by atoms with van der Waals surface area (Å²) in [5.74, 6) is 3.62. The summed E-state index contributed by atoms with van der Waals surface area (Å²) in [7, 11) is 1.69. The highest BCUT2D eigenvalue weighted by molar-refractivity contribution is 5.46. The molecule has 0 amide bonds. The van der Waals surface area contributed by atoms with Crippen molar-refractivity contribution in [1.82, 2.24) is 0 Å². The Labute approximate surface area is 146 Å². The monoisotopic (exact) mass is 327 g/mol. The second-order valence-electron chi connectivity index (χ2n) is 8.30. The van der Waals surface area contributed by atoms with Gasteiger partial charge in [-0.05, 0) is 97.3 Å². The second kappa shape index (κ2) is 6.37. The summed E-state index contributed by atoms with van der Waals surface area (Å²) in [6, 6.07) is 4.79. The maximum atomic E-state index is 5.84. The third-order valence-electron chi connectivity index (χ3n) is 7.15. The third kappa shape index (κ3) is 2.58. The molecule has 1 radical (unpaired) electrons. The highest BCUT2D eigenvalue weighted by Gasteiger charge is 2.50. The average Bonchev–Trinajstić information content (AvgIpc) is 3.00. The van der Waals surface area contributed by atoms with Crippen LogP contribution in [0.15, 0.2) is 12.1 Å². The molecule has 0 N–H and O–H groups in total. The zero-order valence-corrected chi connectivity index (χ0v) is 15.4. The topological polar surface area (TPSA) is 18.5 Å². The summed E-state index contributed by atoms with van der Waals surface area (Å²) >= 11 is 0. The standard InChI is InChI=1S/C22H31O2/c1-4-15-12-19-16(13-21(15)24-14-23-3)7-8-18-17(19)9-11-22(2)10-5-6-20(18)22/h10,12-13,17-18,20H,4-9,11,14H2,1-3H3. The Balaban J connectivity index is 1.66. The Kier molecular flexibility index (Phi) is 4.36. The summed E-state index contributed by atoms with van der Waals surface area (Å²) in [6.45, 7) is 5.09. The summed E-state index contributed by atoms with van der Waals surface area (Å²) in [6.07, 6.45) is 11.7. The number of methoxy groups -OCH3 is 1. The fraction of sp³-hybridized carbons (Fsp3) is 0.682. The molecule has 1 aromatic rings. The van der Waals surface area contributed by atoms with Crippen LogP contribution in [0.2, 0.25) is 0 Å². The van der Waals surface area contributed by atoms with Crippen molar-refractivity contribution in [2.24, 2.45) is 17.3 Å². The average molecular weight is 327 g/mol. The van der Waals surface area contributed by atoms with Crippen molar-refractivity contribution in [3.05, 3.63) is 35.2 Å². The number of hydrogen-bond acceptors (Lipinski definition) is 2. The zero-order chi connectivity index (χ0) is 16.7. The summed E-state index contributed by atoms with van der Waals surface area (Å²) < 4.78 is 10.9. The van der Waals surface area contributed by atoms with E-state index < -0.39 is 0 Å². The Morgan fingerprint density at radius 3 is 2.88 bits per heavy atom. The lowest BCUT2D eigenvalue weighted by Crippen LogP contribution is -2.39. The highest BCUT2D eigenvalue weighted by Crippen LogP contribution is 2.60. The van der Waals surface area contributed by atoms with Gasteiger partial charge in [0.25, 0.3) is 0 Å². The second-order valence-corrected chi connectivity index (χ2v) is 8.30. The minimum absolute atomic E-state index is 0.341. The number of benzene rings is 1. The molecule has 2 fully saturated rings. The van der Waals surface area contributed by atoms with Crippen LogP contribution in [0.1, 0.15) is 68.6 Å². The van der Waals surface area contributed by atoms with Crippen molar-refractivity contribution in [3.8, 4) is 5.75 Å². The first-order chi connectivity index (χ1) is 11.7. The van der Waals surface area contributed by atoms with Gasteiger partial charge in [0.05, 0.1) is 0 Å². The van der Waals surface area contributed by atoms with Crippen LogP contribution in [-0.4, -0.2) is 13.9 Å². The van der Waals surface area contributed by atoms with Crippen LogP contribution in [0.5, 0.6) is 5.75 Å². The van der Waals surface area contributed by atoms with Crippen LogP contribution in [0, 0.1) is 23.7 Å². The van der Waals surface area contributed by atoms with Crippen molar-refractivity contribution in [1.29, 1.82) is 0 Å². The lowest BCUT2D eigenvalue weighted by Gasteiger charge is -2.49. The molecule has 0 heterocycles. The predicted octanol–water partition coefficient (Wildman–Crippen LogP) is 5.29. The van der Waals surface area contributed by atoms with E-state index in [-0.39, 0.29) is 0 Å². The van der Waals surface area contributed by atoms with E-state index in [1.807, 2.05) is 0 Å². The molecule has 0 aromatic heterocycles. The molecule has 2 nitrogen and oxygen atoms in total. The van der Waals surface area contributed by atoms with E-state index in [9.17, 15) is 0 Å². The summed E-state index contributed by atoms with van der Waals surface area (Å²) in [4.78, 5) is 0. The van der Waals surface area contributed by atoms with Gasteiger partial charge in [0.1, 0.15) is 5.75 Å². The lowest BCUT2D eigenvalue weighted by molar-refractivity contribution is 0.0501. The molecule has 131 valence electrons. The fourth-order valence-electron chi connectivity index (χ4n) is 5.92. The van der Waals surface area contributed by atoms with Crippen molar-refractivity contribution < 1.29 is 9.47 Å². The molecule has 0 saturated heterocycles. The van der Waals surface area contributed by atoms with Crippen LogP contribution in [0.25, 0.3) is 0 Å². The summed E-state index contributed by atoms with van der Waals surface area (Å²) in [5, 5.41) is 0. The van der Waals surface area contributed by atoms with E-state index in [4.69, 9.17) is 9.47 Å². The van der Waals surface area contributed by atoms with Crippen molar-refractivity contribution in [2.45, 2.75) is 64.7 Å². The Hall–Kier alpha value is -1.02. The summed E-state index contributed by atoms with van der Waals surface area (Å²) in [5.41, 5.74) is 5.04. The molecule has 4 rings (SSSR count). The number of aryl methyl sites for hydroxylation is 2. The van der Waals surface area contributed by atoms with Crippen LogP contribution in [0.3, 0.4) is 0 Å². The van der Waals surface area contributed by atoms with E-state index in [1.165, 1.54) is 49.7 Å². The minimum atomic E-state index is 0.341. The van der Waals surface area contributed by atoms with Crippen molar-refractivity contribution in [3.63, 3.8) is 0 Å². The van der Waals surface area contributed by atoms with Gasteiger partial charge in [0, 0.05) is 7.11 Å². The SMILES string of the molecule is CCc1cc2c(cc1OCOC)CCC1C2CCC2(C)[CH]CCC12. The molecule has 4 atom stereocenters. The van der Waals surface area contributed by atoms with Gasteiger partial charge < -0.3 is 9.47 Å². The molecule has 0 bridgehead atoms. The Bertz CT molecular complexity index is 608. The molecule has 24 heavy (non-hydrogen) atoms. The maximum absolute atomic E-state index is 5.84. The third-order valence-corrected chi connectivity index (χ3v) is 7.15. The normalized spacial score (nSPS) is 34.4. The van der Waals surface area contributed by atoms with Crippen molar-refractivity contribution in [2.75, 3.05) is 13.9 Å². The molecule has 0 spiro atoms. The van der Waals surface area contributed by atoms with Crippen molar-refractivity contribution >= 4 is 0 Å². The van der Waals surface area contributed by atoms with Gasteiger partial charge in [0.15, 0.2) is 6.79 Å². The Morgan fingerprint density at radius 1 is 1.21 bits per heavy atom. The first-order valence-corrected chi connectivity index (χ1v) is 9.78. The quantitative estimate of drug-likeness (QED) is 0.699. The predicted molar refractivity (Wildman–Crippen MR) is 97.2 cm³/mol. The molecule has 3 aliphatic carbocycles. The van der Waals surface area contributed by atoms with Gasteiger partial charge in [0.2, 0.25) is 0 Å². The fourth-order valence-corrected chi connectivity index (χ4v) is 5.92. The van der Waals surface area contributed by atoms with E-state index in [0.29, 0.717) is 12.2 Å². The number of rotatable bonds is 4. The molecular weight excluding hydrogens is 296 g/mol. The molecule has 1 aromatic carbocycles. The van der Waals surface area contributed by atoms with Gasteiger partial charge in [-0.25, -0.2) is 0 Å². The first kappa shape index (κ1) is 16.4. The first-order valence-electron chi connectivity index (χ1n) is 9.78. The number of fused-ring (bicyclic) bond motifs is 5. The molecule has 4 unspecified atom stereocenters. The van der Waals surface area contributed by atoms with Crippen LogP contribution in [0.4, 0.5) is 0 Å². The van der Waals surface area contributed by atoms with Gasteiger partial charge in [-0.3, -0.25) is 0 Å². The molecule has 0 aliphatic heterocycles. The van der Waals surface area contributed by atoms with Gasteiger partial charge in [-0.1, -0.05) is 19.9 Å². The maximum Gasteiger partial charge on any atom is 0.188 e. The highest BCUT2D eigenvalue weighted by atomic mass is 16.7. The van der Waals surface area contributed by atoms with E-state index in [0.717, 1.165) is 29.9 Å². The van der Waals surface area contributed by atoms with E-state index in [2.05, 4.69) is 32.4 Å². The number of hydrogen-bond donors (Lipinski definition) is 0. The molecule has 2 saturated carbocycles. The van der Waals surface area contributed by atoms with Crippen LogP contribution in [-0.2, 0) is 17.6 Å². The van der Waals surface area contributed by atoms with E-state index >= 15 is 0 Å².